The molecular formula is C13H13N3OS. The normalized spacial score (nSPS) is 11.2. The largest absolute Gasteiger partial charge is 0.392 e. The van der Waals surface area contributed by atoms with Crippen molar-refractivity contribution < 1.29 is 5.11 Å². The van der Waals surface area contributed by atoms with Gasteiger partial charge in [0.05, 0.1) is 18.2 Å². The van der Waals surface area contributed by atoms with Crippen molar-refractivity contribution in [2.24, 2.45) is 0 Å². The summed E-state index contributed by atoms with van der Waals surface area (Å²) in [5, 5.41) is 11.4. The highest BCUT2D eigenvalue weighted by atomic mass is 32.1. The fourth-order valence-electron chi connectivity index (χ4n) is 2.09. The van der Waals surface area contributed by atoms with E-state index in [9.17, 15) is 5.11 Å². The molecule has 0 atom stereocenters. The molecule has 5 heteroatoms. The molecule has 0 fully saturated rings. The molecule has 18 heavy (non-hydrogen) atoms. The summed E-state index contributed by atoms with van der Waals surface area (Å²) in [6.07, 6.45) is 5.64. The summed E-state index contributed by atoms with van der Waals surface area (Å²) in [4.78, 5) is 9.84. The van der Waals surface area contributed by atoms with Gasteiger partial charge in [-0.25, -0.2) is 9.97 Å². The van der Waals surface area contributed by atoms with Gasteiger partial charge in [-0.3, -0.25) is 0 Å². The van der Waals surface area contributed by atoms with Crippen LogP contribution in [0.4, 0.5) is 0 Å². The summed E-state index contributed by atoms with van der Waals surface area (Å²) in [5.41, 5.74) is 1.83. The van der Waals surface area contributed by atoms with Crippen LogP contribution in [0, 0.1) is 6.92 Å². The number of nitrogens with zero attached hydrogens (tertiary/aromatic N) is 3. The summed E-state index contributed by atoms with van der Waals surface area (Å²) in [6.45, 7) is 2.79. The molecule has 92 valence electrons. The Kier molecular flexibility index (Phi) is 2.85. The van der Waals surface area contributed by atoms with E-state index in [1.54, 1.807) is 17.5 Å². The number of hydrogen-bond donors (Lipinski definition) is 1. The first kappa shape index (κ1) is 11.4. The summed E-state index contributed by atoms with van der Waals surface area (Å²) in [7, 11) is 0. The number of aryl methyl sites for hydroxylation is 1. The minimum absolute atomic E-state index is 0.0386. The van der Waals surface area contributed by atoms with E-state index in [0.717, 1.165) is 28.1 Å². The molecule has 3 aromatic heterocycles. The summed E-state index contributed by atoms with van der Waals surface area (Å²) in [6, 6.07) is 3.88. The zero-order valence-corrected chi connectivity index (χ0v) is 10.8. The van der Waals surface area contributed by atoms with Crippen molar-refractivity contribution in [3.05, 3.63) is 46.2 Å². The van der Waals surface area contributed by atoms with Crippen LogP contribution in [0.15, 0.2) is 30.7 Å². The second-order valence-corrected chi connectivity index (χ2v) is 5.48. The van der Waals surface area contributed by atoms with Gasteiger partial charge in [0, 0.05) is 34.4 Å². The smallest absolute Gasteiger partial charge is 0.140 e. The molecule has 0 aliphatic carbocycles. The SMILES string of the molecule is Cc1ncc(Cn2cc(CO)c3cccnc32)s1. The van der Waals surface area contributed by atoms with Crippen molar-refractivity contribution in [1.29, 1.82) is 0 Å². The molecule has 0 saturated carbocycles. The molecule has 1 N–H and O–H groups in total. The lowest BCUT2D eigenvalue weighted by molar-refractivity contribution is 0.283. The van der Waals surface area contributed by atoms with Gasteiger partial charge in [-0.15, -0.1) is 11.3 Å². The lowest BCUT2D eigenvalue weighted by atomic mass is 10.2. The van der Waals surface area contributed by atoms with Gasteiger partial charge < -0.3 is 9.67 Å². The number of pyridine rings is 1. The maximum Gasteiger partial charge on any atom is 0.140 e. The monoisotopic (exact) mass is 259 g/mol. The molecule has 3 heterocycles. The minimum Gasteiger partial charge on any atom is -0.392 e. The molecule has 0 bridgehead atoms. The van der Waals surface area contributed by atoms with Crippen molar-refractivity contribution in [1.82, 2.24) is 14.5 Å². The van der Waals surface area contributed by atoms with Gasteiger partial charge in [0.25, 0.3) is 0 Å². The van der Waals surface area contributed by atoms with Crippen molar-refractivity contribution in [2.45, 2.75) is 20.1 Å². The third kappa shape index (κ3) is 1.91. The number of aromatic nitrogens is 3. The third-order valence-corrected chi connectivity index (χ3v) is 3.78. The molecule has 0 spiro atoms. The highest BCUT2D eigenvalue weighted by Gasteiger charge is 2.09. The fraction of sp³-hybridized carbons (Fsp3) is 0.231. The minimum atomic E-state index is 0.0386. The van der Waals surface area contributed by atoms with Crippen LogP contribution < -0.4 is 0 Å². The van der Waals surface area contributed by atoms with Crippen LogP contribution in [0.1, 0.15) is 15.4 Å². The first-order valence-corrected chi connectivity index (χ1v) is 6.54. The van der Waals surface area contributed by atoms with E-state index >= 15 is 0 Å². The molecule has 3 rings (SSSR count). The lowest BCUT2D eigenvalue weighted by Gasteiger charge is -2.01. The Morgan fingerprint density at radius 1 is 1.39 bits per heavy atom. The van der Waals surface area contributed by atoms with Gasteiger partial charge in [-0.05, 0) is 19.1 Å². The Morgan fingerprint density at radius 2 is 2.28 bits per heavy atom. The van der Waals surface area contributed by atoms with E-state index in [1.165, 1.54) is 4.88 Å². The van der Waals surface area contributed by atoms with Crippen molar-refractivity contribution in [3.8, 4) is 0 Å². The summed E-state index contributed by atoms with van der Waals surface area (Å²) in [5.74, 6) is 0. The van der Waals surface area contributed by atoms with Crippen LogP contribution in [-0.2, 0) is 13.2 Å². The van der Waals surface area contributed by atoms with E-state index < -0.39 is 0 Å². The highest BCUT2D eigenvalue weighted by Crippen LogP contribution is 2.22. The topological polar surface area (TPSA) is 50.9 Å². The van der Waals surface area contributed by atoms with Crippen LogP contribution in [0.25, 0.3) is 11.0 Å². The van der Waals surface area contributed by atoms with Crippen molar-refractivity contribution in [3.63, 3.8) is 0 Å². The van der Waals surface area contributed by atoms with Crippen molar-refractivity contribution >= 4 is 22.4 Å². The Bertz CT molecular complexity index is 686. The van der Waals surface area contributed by atoms with Gasteiger partial charge in [-0.1, -0.05) is 0 Å². The van der Waals surface area contributed by atoms with E-state index in [0.29, 0.717) is 0 Å². The lowest BCUT2D eigenvalue weighted by Crippen LogP contribution is -1.96. The zero-order chi connectivity index (χ0) is 12.5. The molecule has 0 aromatic carbocycles. The van der Waals surface area contributed by atoms with Crippen LogP contribution in [0.2, 0.25) is 0 Å². The number of thiazole rings is 1. The first-order valence-electron chi connectivity index (χ1n) is 5.73. The van der Waals surface area contributed by atoms with Gasteiger partial charge in [-0.2, -0.15) is 0 Å². The second kappa shape index (κ2) is 4.51. The zero-order valence-electron chi connectivity index (χ0n) is 10.00. The molecule has 3 aromatic rings. The van der Waals surface area contributed by atoms with Crippen LogP contribution in [0.5, 0.6) is 0 Å². The van der Waals surface area contributed by atoms with E-state index in [1.807, 2.05) is 31.5 Å². The Balaban J connectivity index is 2.06. The van der Waals surface area contributed by atoms with E-state index in [2.05, 4.69) is 14.5 Å². The third-order valence-electron chi connectivity index (χ3n) is 2.88. The predicted molar refractivity (Wildman–Crippen MR) is 71.6 cm³/mol. The van der Waals surface area contributed by atoms with E-state index in [-0.39, 0.29) is 6.61 Å². The number of aliphatic hydroxyl groups excluding tert-OH is 1. The van der Waals surface area contributed by atoms with Gasteiger partial charge >= 0.3 is 0 Å². The van der Waals surface area contributed by atoms with Gasteiger partial charge in [0.15, 0.2) is 0 Å². The average Bonchev–Trinajstić information content (AvgIpc) is 2.95. The summed E-state index contributed by atoms with van der Waals surface area (Å²) < 4.78 is 2.06. The quantitative estimate of drug-likeness (QED) is 0.785. The molecule has 0 radical (unpaired) electrons. The molecule has 0 unspecified atom stereocenters. The molecule has 0 saturated heterocycles. The van der Waals surface area contributed by atoms with Gasteiger partial charge in [0.1, 0.15) is 5.65 Å². The van der Waals surface area contributed by atoms with Crippen molar-refractivity contribution in [2.75, 3.05) is 0 Å². The molecular weight excluding hydrogens is 246 g/mol. The van der Waals surface area contributed by atoms with Crippen LogP contribution >= 0.6 is 11.3 Å². The standard InChI is InChI=1S/C13H13N3OS/c1-9-15-5-11(18-9)7-16-6-10(8-17)12-3-2-4-14-13(12)16/h2-6,17H,7-8H2,1H3. The Labute approximate surface area is 109 Å². The second-order valence-electron chi connectivity index (χ2n) is 4.16. The Hall–Kier alpha value is -1.72. The molecule has 4 nitrogen and oxygen atoms in total. The van der Waals surface area contributed by atoms with Gasteiger partial charge in [0.2, 0.25) is 0 Å². The maximum absolute atomic E-state index is 9.37. The fourth-order valence-corrected chi connectivity index (χ4v) is 2.88. The Morgan fingerprint density at radius 3 is 3.00 bits per heavy atom. The average molecular weight is 259 g/mol. The predicted octanol–water partition coefficient (Wildman–Crippen LogP) is 2.34. The van der Waals surface area contributed by atoms with Crippen LogP contribution in [0.3, 0.4) is 0 Å². The number of rotatable bonds is 3. The molecule has 0 aliphatic heterocycles. The van der Waals surface area contributed by atoms with E-state index in [4.69, 9.17) is 0 Å². The summed E-state index contributed by atoms with van der Waals surface area (Å²) >= 11 is 1.69. The highest BCUT2D eigenvalue weighted by molar-refractivity contribution is 7.11. The molecule has 0 aliphatic rings. The molecule has 0 amide bonds. The number of fused-ring (bicyclic) bond motifs is 1. The maximum atomic E-state index is 9.37. The number of aliphatic hydroxyl groups is 1. The van der Waals surface area contributed by atoms with Crippen LogP contribution in [-0.4, -0.2) is 19.6 Å². The number of hydrogen-bond acceptors (Lipinski definition) is 4. The first-order chi connectivity index (χ1) is 8.78.